The first-order valence-electron chi connectivity index (χ1n) is 22.4. The topological polar surface area (TPSA) is 186 Å². The van der Waals surface area contributed by atoms with Crippen molar-refractivity contribution in [2.45, 2.75) is 224 Å². The lowest BCUT2D eigenvalue weighted by atomic mass is 10.00. The molecule has 1 rings (SSSR count). The Labute approximate surface area is 345 Å². The van der Waals surface area contributed by atoms with Crippen molar-refractivity contribution in [3.8, 4) is 0 Å². The maximum Gasteiger partial charge on any atom is 0.306 e. The van der Waals surface area contributed by atoms with Gasteiger partial charge < -0.3 is 34.3 Å². The number of allylic oxidation sites excluding steroid dienone is 4. The van der Waals surface area contributed by atoms with Crippen LogP contribution in [-0.2, 0) is 38.7 Å². The summed E-state index contributed by atoms with van der Waals surface area (Å²) in [7, 11) is -4.60. The monoisotopic (exact) mass is 833 g/mol. The van der Waals surface area contributed by atoms with E-state index >= 15 is 0 Å². The molecule has 4 N–H and O–H groups in total. The van der Waals surface area contributed by atoms with E-state index in [1.807, 2.05) is 0 Å². The molecule has 0 aromatic carbocycles. The highest BCUT2D eigenvalue weighted by Crippen LogP contribution is 2.24. The minimum absolute atomic E-state index is 0.124. The zero-order valence-electron chi connectivity index (χ0n) is 35.4. The Balaban J connectivity index is 2.48. The lowest BCUT2D eigenvalue weighted by molar-refractivity contribution is -0.297. The fraction of sp³-hybridized carbons (Fsp3) is 0.864. The van der Waals surface area contributed by atoms with Gasteiger partial charge in [-0.1, -0.05) is 154 Å². The number of esters is 2. The van der Waals surface area contributed by atoms with Gasteiger partial charge in [0, 0.05) is 12.8 Å². The SMILES string of the molecule is CCCCCCCC/C=C/C/C=C/CCCCC(=O)O[C@H](COC(=O)CCCCCCCCCCCCCCCC)CO[C@H]1O[C@H](CS(=O)(=O)O)[C@@H](O)C(O)C1O. The van der Waals surface area contributed by atoms with E-state index in [9.17, 15) is 37.9 Å². The molecule has 1 aliphatic rings. The summed E-state index contributed by atoms with van der Waals surface area (Å²) in [5, 5.41) is 30.8. The summed E-state index contributed by atoms with van der Waals surface area (Å²) < 4.78 is 54.0. The Kier molecular flexibility index (Phi) is 32.6. The molecule has 1 fully saturated rings. The van der Waals surface area contributed by atoms with Crippen molar-refractivity contribution in [3.63, 3.8) is 0 Å². The van der Waals surface area contributed by atoms with Gasteiger partial charge in [-0.3, -0.25) is 14.1 Å². The molecule has 0 spiro atoms. The second-order valence-electron chi connectivity index (χ2n) is 15.7. The number of hydrogen-bond acceptors (Lipinski definition) is 11. The first kappa shape index (κ1) is 53.1. The molecule has 0 amide bonds. The number of unbranched alkanes of at least 4 members (excludes halogenated alkanes) is 21. The zero-order valence-corrected chi connectivity index (χ0v) is 36.3. The van der Waals surface area contributed by atoms with Gasteiger partial charge in [0.2, 0.25) is 0 Å². The second-order valence-corrected chi connectivity index (χ2v) is 17.2. The largest absolute Gasteiger partial charge is 0.462 e. The van der Waals surface area contributed by atoms with Crippen molar-refractivity contribution >= 4 is 22.1 Å². The Morgan fingerprint density at radius 2 is 1.05 bits per heavy atom. The van der Waals surface area contributed by atoms with Crippen molar-refractivity contribution in [1.82, 2.24) is 0 Å². The quantitative estimate of drug-likeness (QED) is 0.0202. The number of carbonyl (C=O) groups is 2. The molecule has 0 aliphatic carbocycles. The summed E-state index contributed by atoms with van der Waals surface area (Å²) in [5.74, 6) is -2.02. The van der Waals surface area contributed by atoms with Gasteiger partial charge in [0.25, 0.3) is 10.1 Å². The molecule has 334 valence electrons. The molecule has 1 heterocycles. The third kappa shape index (κ3) is 29.9. The molecule has 0 radical (unpaired) electrons. The van der Waals surface area contributed by atoms with E-state index in [0.29, 0.717) is 12.8 Å². The van der Waals surface area contributed by atoms with Crippen molar-refractivity contribution in [2.24, 2.45) is 0 Å². The van der Waals surface area contributed by atoms with E-state index < -0.39 is 71.2 Å². The van der Waals surface area contributed by atoms with Gasteiger partial charge in [-0.25, -0.2) is 0 Å². The molecule has 12 nitrogen and oxygen atoms in total. The normalized spacial score (nSPS) is 20.7. The standard InChI is InChI=1S/C44H80O12S/c1-3-5-7-9-11-13-15-17-19-21-23-25-27-29-31-33-40(46)55-37(35-54-44-43(49)42(48)41(47)38(56-44)36-57(50,51)52)34-53-39(45)32-30-28-26-24-22-20-18-16-14-12-10-8-6-4-2/h17,19,23,25,37-38,41-44,47-49H,3-16,18,20-22,24,26-36H2,1-2H3,(H,50,51,52)/b19-17+,25-23+/t37-,38-,41-,42?,43?,44+/m1/s1. The maximum atomic E-state index is 12.8. The van der Waals surface area contributed by atoms with Crippen LogP contribution in [0.1, 0.15) is 187 Å². The molecule has 13 heteroatoms. The number of aliphatic hydroxyl groups is 3. The average molecular weight is 833 g/mol. The minimum Gasteiger partial charge on any atom is -0.462 e. The Hall–Kier alpha value is -1.87. The van der Waals surface area contributed by atoms with Crippen LogP contribution in [-0.4, -0.2) is 96.0 Å². The van der Waals surface area contributed by atoms with Gasteiger partial charge in [0.05, 0.1) is 6.61 Å². The van der Waals surface area contributed by atoms with Gasteiger partial charge in [-0.15, -0.1) is 0 Å². The highest BCUT2D eigenvalue weighted by molar-refractivity contribution is 7.85. The van der Waals surface area contributed by atoms with Crippen molar-refractivity contribution in [2.75, 3.05) is 19.0 Å². The van der Waals surface area contributed by atoms with E-state index in [0.717, 1.165) is 44.9 Å². The fourth-order valence-corrected chi connectivity index (χ4v) is 7.46. The van der Waals surface area contributed by atoms with Crippen molar-refractivity contribution in [1.29, 1.82) is 0 Å². The second kappa shape index (κ2) is 34.9. The lowest BCUT2D eigenvalue weighted by Crippen LogP contribution is -2.60. The average Bonchev–Trinajstić information content (AvgIpc) is 3.17. The first-order chi connectivity index (χ1) is 27.5. The summed E-state index contributed by atoms with van der Waals surface area (Å²) in [4.78, 5) is 25.4. The Bertz CT molecular complexity index is 1160. The fourth-order valence-electron chi connectivity index (χ4n) is 6.77. The summed E-state index contributed by atoms with van der Waals surface area (Å²) in [6, 6.07) is 0. The van der Waals surface area contributed by atoms with Crippen LogP contribution in [0.4, 0.5) is 0 Å². The van der Waals surface area contributed by atoms with Crippen LogP contribution in [0.25, 0.3) is 0 Å². The number of carbonyl (C=O) groups excluding carboxylic acids is 2. The molecule has 57 heavy (non-hydrogen) atoms. The van der Waals surface area contributed by atoms with Gasteiger partial charge in [0.1, 0.15) is 36.8 Å². The van der Waals surface area contributed by atoms with Crippen LogP contribution < -0.4 is 0 Å². The summed E-state index contributed by atoms with van der Waals surface area (Å²) in [6.07, 6.45) is 28.0. The highest BCUT2D eigenvalue weighted by Gasteiger charge is 2.46. The van der Waals surface area contributed by atoms with E-state index in [4.69, 9.17) is 18.9 Å². The van der Waals surface area contributed by atoms with Crippen LogP contribution in [0.2, 0.25) is 0 Å². The zero-order chi connectivity index (χ0) is 42.0. The number of hydrogen-bond donors (Lipinski definition) is 4. The molecule has 6 atom stereocenters. The van der Waals surface area contributed by atoms with E-state index in [2.05, 4.69) is 38.2 Å². The third-order valence-electron chi connectivity index (χ3n) is 10.3. The van der Waals surface area contributed by atoms with Crippen LogP contribution >= 0.6 is 0 Å². The molecule has 0 bridgehead atoms. The van der Waals surface area contributed by atoms with Crippen LogP contribution in [0.15, 0.2) is 24.3 Å². The highest BCUT2D eigenvalue weighted by atomic mass is 32.2. The van der Waals surface area contributed by atoms with Crippen molar-refractivity contribution < 1.29 is 56.8 Å². The lowest BCUT2D eigenvalue weighted by Gasteiger charge is -2.40. The smallest absolute Gasteiger partial charge is 0.306 e. The van der Waals surface area contributed by atoms with Crippen LogP contribution in [0.5, 0.6) is 0 Å². The molecule has 0 aromatic heterocycles. The van der Waals surface area contributed by atoms with E-state index in [1.165, 1.54) is 103 Å². The molecular weight excluding hydrogens is 753 g/mol. The molecular formula is C44H80O12S. The van der Waals surface area contributed by atoms with Gasteiger partial charge >= 0.3 is 11.9 Å². The molecule has 0 aromatic rings. The predicted octanol–water partition coefficient (Wildman–Crippen LogP) is 8.84. The van der Waals surface area contributed by atoms with E-state index in [-0.39, 0.29) is 19.4 Å². The van der Waals surface area contributed by atoms with E-state index in [1.54, 1.807) is 0 Å². The van der Waals surface area contributed by atoms with Crippen LogP contribution in [0, 0.1) is 0 Å². The first-order valence-corrected chi connectivity index (χ1v) is 24.0. The summed E-state index contributed by atoms with van der Waals surface area (Å²) in [5.41, 5.74) is 0. The molecule has 2 unspecified atom stereocenters. The number of rotatable bonds is 37. The summed E-state index contributed by atoms with van der Waals surface area (Å²) >= 11 is 0. The molecule has 1 saturated heterocycles. The number of ether oxygens (including phenoxy) is 4. The van der Waals surface area contributed by atoms with Crippen LogP contribution in [0.3, 0.4) is 0 Å². The molecule has 1 aliphatic heterocycles. The predicted molar refractivity (Wildman–Crippen MR) is 224 cm³/mol. The van der Waals surface area contributed by atoms with Gasteiger partial charge in [-0.05, 0) is 44.9 Å². The Morgan fingerprint density at radius 3 is 1.58 bits per heavy atom. The number of aliphatic hydroxyl groups excluding tert-OH is 3. The van der Waals surface area contributed by atoms with Crippen molar-refractivity contribution in [3.05, 3.63) is 24.3 Å². The Morgan fingerprint density at radius 1 is 0.596 bits per heavy atom. The maximum absolute atomic E-state index is 12.8. The molecule has 0 saturated carbocycles. The third-order valence-corrected chi connectivity index (χ3v) is 11.0. The minimum atomic E-state index is -4.60. The summed E-state index contributed by atoms with van der Waals surface area (Å²) in [6.45, 7) is 3.73. The van der Waals surface area contributed by atoms with Gasteiger partial charge in [-0.2, -0.15) is 8.42 Å². The van der Waals surface area contributed by atoms with Gasteiger partial charge in [0.15, 0.2) is 12.4 Å².